The molecule has 0 aliphatic heterocycles. The molecule has 1 aliphatic rings. The number of ether oxygens (including phenoxy) is 1. The Morgan fingerprint density at radius 1 is 1.00 bits per heavy atom. The number of rotatable bonds is 4. The Morgan fingerprint density at radius 2 is 1.73 bits per heavy atom. The number of hydrogen-bond donors (Lipinski definition) is 2. The second kappa shape index (κ2) is 7.11. The Morgan fingerprint density at radius 3 is 2.45 bits per heavy atom. The fourth-order valence-corrected chi connectivity index (χ4v) is 2.79. The second-order valence-electron chi connectivity index (χ2n) is 5.69. The predicted octanol–water partition coefficient (Wildman–Crippen LogP) is 3.99. The Labute approximate surface area is 130 Å². The van der Waals surface area contributed by atoms with Gasteiger partial charge in [-0.25, -0.2) is 4.98 Å². The monoisotopic (exact) mass is 298 g/mol. The first kappa shape index (κ1) is 14.6. The van der Waals surface area contributed by atoms with Crippen molar-refractivity contribution >= 4 is 11.5 Å². The van der Waals surface area contributed by atoms with Crippen molar-refractivity contribution in [2.45, 2.75) is 44.6 Å². The van der Waals surface area contributed by atoms with Crippen LogP contribution in [0.25, 0.3) is 0 Å². The van der Waals surface area contributed by atoms with Crippen LogP contribution in [0.3, 0.4) is 0 Å². The molecule has 1 fully saturated rings. The van der Waals surface area contributed by atoms with Gasteiger partial charge in [0.1, 0.15) is 17.8 Å². The van der Waals surface area contributed by atoms with E-state index in [0.717, 1.165) is 12.8 Å². The van der Waals surface area contributed by atoms with E-state index in [4.69, 9.17) is 10.5 Å². The van der Waals surface area contributed by atoms with E-state index in [1.54, 1.807) is 0 Å². The zero-order chi connectivity index (χ0) is 15.2. The summed E-state index contributed by atoms with van der Waals surface area (Å²) < 4.78 is 5.75. The largest absolute Gasteiger partial charge is 0.437 e. The average Bonchev–Trinajstić information content (AvgIpc) is 2.81. The molecule has 116 valence electrons. The average molecular weight is 298 g/mol. The van der Waals surface area contributed by atoms with Gasteiger partial charge in [0.15, 0.2) is 5.82 Å². The summed E-state index contributed by atoms with van der Waals surface area (Å²) in [6.45, 7) is 0. The van der Waals surface area contributed by atoms with Crippen LogP contribution >= 0.6 is 0 Å². The fourth-order valence-electron chi connectivity index (χ4n) is 2.79. The molecule has 1 aromatic carbocycles. The van der Waals surface area contributed by atoms with Crippen molar-refractivity contribution in [1.29, 1.82) is 0 Å². The molecule has 1 aliphatic carbocycles. The van der Waals surface area contributed by atoms with E-state index < -0.39 is 0 Å². The maximum absolute atomic E-state index is 6.17. The highest BCUT2D eigenvalue weighted by atomic mass is 16.5. The molecule has 0 saturated heterocycles. The predicted molar refractivity (Wildman–Crippen MR) is 88.1 cm³/mol. The van der Waals surface area contributed by atoms with Gasteiger partial charge in [0.2, 0.25) is 5.88 Å². The van der Waals surface area contributed by atoms with Crippen LogP contribution in [0.15, 0.2) is 36.7 Å². The lowest BCUT2D eigenvalue weighted by molar-refractivity contribution is 0.464. The van der Waals surface area contributed by atoms with Crippen molar-refractivity contribution in [3.63, 3.8) is 0 Å². The number of nitrogens with two attached hydrogens (primary N) is 1. The molecular weight excluding hydrogens is 276 g/mol. The van der Waals surface area contributed by atoms with Crippen LogP contribution in [0.5, 0.6) is 11.6 Å². The van der Waals surface area contributed by atoms with E-state index in [9.17, 15) is 0 Å². The van der Waals surface area contributed by atoms with Crippen LogP contribution in [-0.2, 0) is 0 Å². The SMILES string of the molecule is Nc1c(NC2CCCCCC2)ncnc1Oc1ccccc1. The van der Waals surface area contributed by atoms with Gasteiger partial charge < -0.3 is 15.8 Å². The lowest BCUT2D eigenvalue weighted by Crippen LogP contribution is -2.20. The van der Waals surface area contributed by atoms with Crippen LogP contribution in [-0.4, -0.2) is 16.0 Å². The van der Waals surface area contributed by atoms with E-state index in [-0.39, 0.29) is 0 Å². The lowest BCUT2D eigenvalue weighted by Gasteiger charge is -2.18. The smallest absolute Gasteiger partial charge is 0.248 e. The van der Waals surface area contributed by atoms with Gasteiger partial charge in [-0.2, -0.15) is 4.98 Å². The Kier molecular flexibility index (Phi) is 4.73. The molecule has 0 radical (unpaired) electrons. The van der Waals surface area contributed by atoms with Crippen molar-refractivity contribution in [2.24, 2.45) is 0 Å². The maximum Gasteiger partial charge on any atom is 0.248 e. The van der Waals surface area contributed by atoms with Crippen molar-refractivity contribution < 1.29 is 4.74 Å². The van der Waals surface area contributed by atoms with Gasteiger partial charge in [-0.15, -0.1) is 0 Å². The fraction of sp³-hybridized carbons (Fsp3) is 0.412. The number of nitrogen functional groups attached to an aromatic ring is 1. The van der Waals surface area contributed by atoms with Gasteiger partial charge in [0.25, 0.3) is 0 Å². The second-order valence-corrected chi connectivity index (χ2v) is 5.69. The van der Waals surface area contributed by atoms with Crippen molar-refractivity contribution in [1.82, 2.24) is 9.97 Å². The van der Waals surface area contributed by atoms with Crippen LogP contribution in [0.4, 0.5) is 11.5 Å². The Bertz CT molecular complexity index is 595. The Hall–Kier alpha value is -2.30. The molecule has 5 heteroatoms. The minimum absolute atomic E-state index is 0.400. The number of anilines is 2. The van der Waals surface area contributed by atoms with Crippen LogP contribution in [0.2, 0.25) is 0 Å². The summed E-state index contributed by atoms with van der Waals surface area (Å²) in [5, 5.41) is 3.46. The molecule has 22 heavy (non-hydrogen) atoms. The number of hydrogen-bond acceptors (Lipinski definition) is 5. The molecular formula is C17H22N4O. The number of nitrogens with zero attached hydrogens (tertiary/aromatic N) is 2. The normalized spacial score (nSPS) is 16.0. The van der Waals surface area contributed by atoms with Gasteiger partial charge in [-0.05, 0) is 25.0 Å². The van der Waals surface area contributed by atoms with Gasteiger partial charge in [0, 0.05) is 6.04 Å². The van der Waals surface area contributed by atoms with Gasteiger partial charge in [-0.1, -0.05) is 43.9 Å². The van der Waals surface area contributed by atoms with Crippen LogP contribution in [0.1, 0.15) is 38.5 Å². The zero-order valence-corrected chi connectivity index (χ0v) is 12.7. The summed E-state index contributed by atoms with van der Waals surface area (Å²) in [7, 11) is 0. The first-order valence-corrected chi connectivity index (χ1v) is 7.93. The van der Waals surface area contributed by atoms with E-state index in [1.807, 2.05) is 30.3 Å². The van der Waals surface area contributed by atoms with Gasteiger partial charge in [0.05, 0.1) is 0 Å². The summed E-state index contributed by atoms with van der Waals surface area (Å²) >= 11 is 0. The summed E-state index contributed by atoms with van der Waals surface area (Å²) in [6.07, 6.45) is 8.98. The molecule has 1 heterocycles. The van der Waals surface area contributed by atoms with Crippen LogP contribution < -0.4 is 15.8 Å². The first-order chi connectivity index (χ1) is 10.8. The van der Waals surface area contributed by atoms with E-state index >= 15 is 0 Å². The molecule has 0 amide bonds. The Balaban J connectivity index is 1.73. The summed E-state index contributed by atoms with van der Waals surface area (Å²) in [6, 6.07) is 9.95. The molecule has 3 N–H and O–H groups in total. The zero-order valence-electron chi connectivity index (χ0n) is 12.7. The van der Waals surface area contributed by atoms with Crippen molar-refractivity contribution in [2.75, 3.05) is 11.1 Å². The van der Waals surface area contributed by atoms with E-state index in [1.165, 1.54) is 32.0 Å². The first-order valence-electron chi connectivity index (χ1n) is 7.93. The number of para-hydroxylation sites is 1. The minimum atomic E-state index is 0.400. The van der Waals surface area contributed by atoms with Crippen molar-refractivity contribution in [3.05, 3.63) is 36.7 Å². The highest BCUT2D eigenvalue weighted by Crippen LogP contribution is 2.30. The van der Waals surface area contributed by atoms with E-state index in [2.05, 4.69) is 15.3 Å². The summed E-state index contributed by atoms with van der Waals surface area (Å²) in [5.74, 6) is 1.79. The third kappa shape index (κ3) is 3.67. The molecule has 1 aromatic heterocycles. The summed E-state index contributed by atoms with van der Waals surface area (Å²) in [5.41, 5.74) is 6.64. The maximum atomic E-state index is 6.17. The molecule has 2 aromatic rings. The topological polar surface area (TPSA) is 73.1 Å². The number of benzene rings is 1. The molecule has 5 nitrogen and oxygen atoms in total. The third-order valence-electron chi connectivity index (χ3n) is 4.00. The van der Waals surface area contributed by atoms with Gasteiger partial charge in [-0.3, -0.25) is 0 Å². The highest BCUT2D eigenvalue weighted by molar-refractivity contribution is 5.67. The molecule has 0 bridgehead atoms. The standard InChI is InChI=1S/C17H22N4O/c18-15-16(21-13-8-4-1-2-5-9-13)19-12-20-17(15)22-14-10-6-3-7-11-14/h3,6-7,10-13H,1-2,4-5,8-9,18H2,(H,19,20,21). The van der Waals surface area contributed by atoms with Crippen LogP contribution in [0, 0.1) is 0 Å². The number of aromatic nitrogens is 2. The molecule has 1 saturated carbocycles. The molecule has 0 atom stereocenters. The molecule has 0 spiro atoms. The quantitative estimate of drug-likeness (QED) is 0.835. The molecule has 0 unspecified atom stereocenters. The van der Waals surface area contributed by atoms with Gasteiger partial charge >= 0.3 is 0 Å². The minimum Gasteiger partial charge on any atom is -0.437 e. The number of nitrogens with one attached hydrogen (secondary N) is 1. The third-order valence-corrected chi connectivity index (χ3v) is 4.00. The van der Waals surface area contributed by atoms with Crippen molar-refractivity contribution in [3.8, 4) is 11.6 Å². The lowest BCUT2D eigenvalue weighted by atomic mass is 10.1. The van der Waals surface area contributed by atoms with E-state index in [0.29, 0.717) is 29.2 Å². The summed E-state index contributed by atoms with van der Waals surface area (Å²) in [4.78, 5) is 8.43. The highest BCUT2D eigenvalue weighted by Gasteiger charge is 2.16. The molecule has 3 rings (SSSR count).